The molecule has 2 heterocycles. The summed E-state index contributed by atoms with van der Waals surface area (Å²) in [6.45, 7) is 9.05. The van der Waals surface area contributed by atoms with Crippen molar-refractivity contribution < 1.29 is 0 Å². The topological polar surface area (TPSA) is 60.6 Å². The predicted molar refractivity (Wildman–Crippen MR) is 74.2 cm³/mol. The summed E-state index contributed by atoms with van der Waals surface area (Å²) in [5.41, 5.74) is 2.75. The second-order valence-corrected chi connectivity index (χ2v) is 4.73. The highest BCUT2D eigenvalue weighted by atomic mass is 35.5. The summed E-state index contributed by atoms with van der Waals surface area (Å²) < 4.78 is 3.70. The molecule has 0 saturated heterocycles. The van der Waals surface area contributed by atoms with Crippen LogP contribution in [0.2, 0.25) is 5.02 Å². The quantitative estimate of drug-likeness (QED) is 0.874. The van der Waals surface area contributed by atoms with Crippen molar-refractivity contribution in [2.45, 2.75) is 40.4 Å². The van der Waals surface area contributed by atoms with Gasteiger partial charge in [0, 0.05) is 13.1 Å². The number of hydrogen-bond donors (Lipinski definition) is 1. The number of aromatic nitrogens is 5. The summed E-state index contributed by atoms with van der Waals surface area (Å²) in [6, 6.07) is 0. The molecule has 0 spiro atoms. The van der Waals surface area contributed by atoms with Gasteiger partial charge in [-0.25, -0.2) is 4.68 Å². The van der Waals surface area contributed by atoms with Gasteiger partial charge >= 0.3 is 0 Å². The van der Waals surface area contributed by atoms with E-state index in [1.165, 1.54) is 0 Å². The summed E-state index contributed by atoms with van der Waals surface area (Å²) in [5, 5.41) is 16.6. The predicted octanol–water partition coefficient (Wildman–Crippen LogP) is 1.61. The number of rotatable bonds is 6. The second kappa shape index (κ2) is 6.16. The second-order valence-electron chi connectivity index (χ2n) is 4.35. The van der Waals surface area contributed by atoms with Crippen molar-refractivity contribution in [3.05, 3.63) is 28.3 Å². The molecule has 7 heteroatoms. The maximum absolute atomic E-state index is 6.28. The Kier molecular flexibility index (Phi) is 4.55. The first-order chi connectivity index (χ1) is 9.15. The Morgan fingerprint density at radius 1 is 1.37 bits per heavy atom. The van der Waals surface area contributed by atoms with E-state index < -0.39 is 0 Å². The first kappa shape index (κ1) is 14.0. The van der Waals surface area contributed by atoms with Crippen LogP contribution in [0.3, 0.4) is 0 Å². The fourth-order valence-electron chi connectivity index (χ4n) is 1.92. The van der Waals surface area contributed by atoms with Gasteiger partial charge < -0.3 is 5.32 Å². The van der Waals surface area contributed by atoms with Gasteiger partial charge in [-0.1, -0.05) is 23.7 Å². The molecule has 6 nitrogen and oxygen atoms in total. The van der Waals surface area contributed by atoms with E-state index in [1.807, 2.05) is 24.7 Å². The fraction of sp³-hybridized carbons (Fsp3) is 0.583. The van der Waals surface area contributed by atoms with Crippen LogP contribution in [0.25, 0.3) is 0 Å². The van der Waals surface area contributed by atoms with E-state index in [-0.39, 0.29) is 0 Å². The van der Waals surface area contributed by atoms with Crippen LogP contribution < -0.4 is 5.32 Å². The zero-order valence-corrected chi connectivity index (χ0v) is 12.3. The molecule has 0 radical (unpaired) electrons. The van der Waals surface area contributed by atoms with Crippen LogP contribution in [0, 0.1) is 6.92 Å². The van der Waals surface area contributed by atoms with Crippen molar-refractivity contribution in [1.29, 1.82) is 0 Å². The van der Waals surface area contributed by atoms with Gasteiger partial charge in [-0.05, 0) is 20.4 Å². The molecule has 0 atom stereocenters. The zero-order chi connectivity index (χ0) is 13.8. The minimum absolute atomic E-state index is 0.590. The standard InChI is InChI=1S/C12H19ClN6/c1-4-14-6-10-7-18(17-15-10)8-11-12(13)9(3)16-19(11)5-2/h7,14H,4-6,8H2,1-3H3. The minimum atomic E-state index is 0.590. The Morgan fingerprint density at radius 3 is 2.84 bits per heavy atom. The number of aryl methyl sites for hydroxylation is 2. The average Bonchev–Trinajstić information content (AvgIpc) is 2.96. The van der Waals surface area contributed by atoms with Crippen LogP contribution >= 0.6 is 11.6 Å². The molecule has 0 aliphatic heterocycles. The lowest BCUT2D eigenvalue weighted by atomic mass is 10.3. The van der Waals surface area contributed by atoms with Crippen molar-refractivity contribution in [3.8, 4) is 0 Å². The van der Waals surface area contributed by atoms with Gasteiger partial charge in [0.1, 0.15) is 0 Å². The van der Waals surface area contributed by atoms with Crippen molar-refractivity contribution in [1.82, 2.24) is 30.1 Å². The normalized spacial score (nSPS) is 11.2. The maximum Gasteiger partial charge on any atom is 0.0964 e. The summed E-state index contributed by atoms with van der Waals surface area (Å²) >= 11 is 6.28. The third kappa shape index (κ3) is 3.13. The molecule has 0 fully saturated rings. The van der Waals surface area contributed by atoms with E-state index >= 15 is 0 Å². The first-order valence-corrected chi connectivity index (χ1v) is 6.85. The molecule has 0 amide bonds. The molecule has 0 bridgehead atoms. The van der Waals surface area contributed by atoms with Crippen LogP contribution in [-0.4, -0.2) is 31.3 Å². The molecule has 0 aromatic carbocycles. The lowest BCUT2D eigenvalue weighted by molar-refractivity contribution is 0.565. The van der Waals surface area contributed by atoms with Crippen molar-refractivity contribution in [2.75, 3.05) is 6.54 Å². The van der Waals surface area contributed by atoms with E-state index in [9.17, 15) is 0 Å². The molecule has 0 aliphatic rings. The van der Waals surface area contributed by atoms with Gasteiger partial charge in [0.2, 0.25) is 0 Å². The van der Waals surface area contributed by atoms with Crippen LogP contribution in [-0.2, 0) is 19.6 Å². The van der Waals surface area contributed by atoms with E-state index in [2.05, 4.69) is 27.7 Å². The van der Waals surface area contributed by atoms with Crippen molar-refractivity contribution in [3.63, 3.8) is 0 Å². The third-order valence-electron chi connectivity index (χ3n) is 2.91. The SMILES string of the molecule is CCNCc1cn(Cc2c(Cl)c(C)nn2CC)nn1. The highest BCUT2D eigenvalue weighted by Crippen LogP contribution is 2.20. The molecule has 0 saturated carbocycles. The van der Waals surface area contributed by atoms with Gasteiger partial charge in [-0.2, -0.15) is 5.10 Å². The minimum Gasteiger partial charge on any atom is -0.311 e. The third-order valence-corrected chi connectivity index (χ3v) is 3.40. The molecule has 2 aromatic heterocycles. The lowest BCUT2D eigenvalue weighted by Crippen LogP contribution is -2.12. The molecular formula is C12H19ClN6. The number of nitrogens with one attached hydrogen (secondary N) is 1. The van der Waals surface area contributed by atoms with Gasteiger partial charge in [0.15, 0.2) is 0 Å². The molecular weight excluding hydrogens is 264 g/mol. The summed E-state index contributed by atoms with van der Waals surface area (Å²) in [4.78, 5) is 0. The molecule has 19 heavy (non-hydrogen) atoms. The molecule has 0 aliphatic carbocycles. The van der Waals surface area contributed by atoms with Gasteiger partial charge in [-0.15, -0.1) is 5.10 Å². The largest absolute Gasteiger partial charge is 0.311 e. The molecule has 2 aromatic rings. The zero-order valence-electron chi connectivity index (χ0n) is 11.5. The Hall–Kier alpha value is -1.40. The van der Waals surface area contributed by atoms with Crippen molar-refractivity contribution in [2.24, 2.45) is 0 Å². The number of nitrogens with zero attached hydrogens (tertiary/aromatic N) is 5. The fourth-order valence-corrected chi connectivity index (χ4v) is 2.12. The maximum atomic E-state index is 6.28. The average molecular weight is 283 g/mol. The smallest absolute Gasteiger partial charge is 0.0964 e. The van der Waals surface area contributed by atoms with Crippen molar-refractivity contribution >= 4 is 11.6 Å². The van der Waals surface area contributed by atoms with Crippen LogP contribution in [0.15, 0.2) is 6.20 Å². The highest BCUT2D eigenvalue weighted by Gasteiger charge is 2.13. The van der Waals surface area contributed by atoms with Crippen LogP contribution in [0.4, 0.5) is 0 Å². The van der Waals surface area contributed by atoms with E-state index in [4.69, 9.17) is 11.6 Å². The molecule has 104 valence electrons. The van der Waals surface area contributed by atoms with E-state index in [0.29, 0.717) is 11.6 Å². The van der Waals surface area contributed by atoms with Crippen LogP contribution in [0.5, 0.6) is 0 Å². The summed E-state index contributed by atoms with van der Waals surface area (Å²) in [6.07, 6.45) is 1.93. The monoisotopic (exact) mass is 282 g/mol. The summed E-state index contributed by atoms with van der Waals surface area (Å²) in [7, 11) is 0. The van der Waals surface area contributed by atoms with E-state index in [0.717, 1.165) is 36.7 Å². The molecule has 0 unspecified atom stereocenters. The Balaban J connectivity index is 2.14. The molecule has 2 rings (SSSR count). The van der Waals surface area contributed by atoms with Gasteiger partial charge in [-0.3, -0.25) is 4.68 Å². The first-order valence-electron chi connectivity index (χ1n) is 6.47. The Bertz CT molecular complexity index is 544. The van der Waals surface area contributed by atoms with E-state index in [1.54, 1.807) is 4.68 Å². The highest BCUT2D eigenvalue weighted by molar-refractivity contribution is 6.31. The lowest BCUT2D eigenvalue weighted by Gasteiger charge is -2.04. The van der Waals surface area contributed by atoms with Gasteiger partial charge in [0.05, 0.1) is 34.8 Å². The summed E-state index contributed by atoms with van der Waals surface area (Å²) in [5.74, 6) is 0. The Morgan fingerprint density at radius 2 is 2.16 bits per heavy atom. The number of hydrogen-bond acceptors (Lipinski definition) is 4. The molecule has 1 N–H and O–H groups in total. The Labute approximate surface area is 117 Å². The number of halogens is 1. The van der Waals surface area contributed by atoms with Gasteiger partial charge in [0.25, 0.3) is 0 Å². The van der Waals surface area contributed by atoms with Crippen LogP contribution in [0.1, 0.15) is 30.9 Å².